The summed E-state index contributed by atoms with van der Waals surface area (Å²) < 4.78 is 11.0. The number of esters is 1. The summed E-state index contributed by atoms with van der Waals surface area (Å²) in [5, 5.41) is 6.21. The Morgan fingerprint density at radius 3 is 2.39 bits per heavy atom. The van der Waals surface area contributed by atoms with E-state index in [2.05, 4.69) is 10.5 Å². The van der Waals surface area contributed by atoms with Crippen molar-refractivity contribution in [2.75, 3.05) is 6.61 Å². The molecule has 0 aliphatic heterocycles. The minimum atomic E-state index is -0.488. The van der Waals surface area contributed by atoms with Gasteiger partial charge >= 0.3 is 5.97 Å². The number of halogens is 1. The Morgan fingerprint density at radius 2 is 1.58 bits per heavy atom. The number of nitrogens with one attached hydrogen (secondary N) is 1. The molecule has 6 nitrogen and oxygen atoms in total. The maximum absolute atomic E-state index is 12.6. The molecule has 0 atom stereocenters. The van der Waals surface area contributed by atoms with E-state index >= 15 is 0 Å². The first-order valence-corrected chi connectivity index (χ1v) is 10.5. The number of benzene rings is 4. The summed E-state index contributed by atoms with van der Waals surface area (Å²) in [6.07, 6.45) is 1.45. The van der Waals surface area contributed by atoms with Gasteiger partial charge in [0, 0.05) is 5.56 Å². The van der Waals surface area contributed by atoms with E-state index in [0.29, 0.717) is 27.6 Å². The highest BCUT2D eigenvalue weighted by atomic mass is 35.5. The topological polar surface area (TPSA) is 77.0 Å². The fraction of sp³-hybridized carbons (Fsp3) is 0.0385. The largest absolute Gasteiger partial charge is 0.482 e. The minimum Gasteiger partial charge on any atom is -0.482 e. The molecule has 0 aromatic heterocycles. The van der Waals surface area contributed by atoms with E-state index in [9.17, 15) is 9.59 Å². The molecule has 0 bridgehead atoms. The Labute approximate surface area is 195 Å². The van der Waals surface area contributed by atoms with Crippen LogP contribution in [-0.4, -0.2) is 24.7 Å². The molecule has 7 heteroatoms. The van der Waals surface area contributed by atoms with Crippen molar-refractivity contribution in [3.8, 4) is 11.5 Å². The quantitative estimate of drug-likeness (QED) is 0.178. The molecule has 0 saturated heterocycles. The summed E-state index contributed by atoms with van der Waals surface area (Å²) in [6.45, 7) is -0.257. The van der Waals surface area contributed by atoms with Gasteiger partial charge in [-0.2, -0.15) is 5.10 Å². The zero-order chi connectivity index (χ0) is 23.0. The number of hydrazone groups is 1. The third-order valence-corrected chi connectivity index (χ3v) is 5.03. The number of rotatable bonds is 7. The van der Waals surface area contributed by atoms with Crippen molar-refractivity contribution < 1.29 is 19.1 Å². The number of amides is 1. The third kappa shape index (κ3) is 5.56. The van der Waals surface area contributed by atoms with E-state index in [1.165, 1.54) is 6.21 Å². The molecule has 4 aromatic carbocycles. The molecule has 0 radical (unpaired) electrons. The smallest absolute Gasteiger partial charge is 0.343 e. The average molecular weight is 459 g/mol. The molecular formula is C26H19ClN2O4. The van der Waals surface area contributed by atoms with E-state index in [1.807, 2.05) is 36.4 Å². The number of fused-ring (bicyclic) bond motifs is 1. The standard InChI is InChI=1S/C26H19ClN2O4/c27-22-12-6-7-13-24(22)32-17-25(30)29-28-16-21-20-11-5-4-8-18(20)14-15-23(21)33-26(31)19-9-2-1-3-10-19/h1-16H,17H2,(H,29,30). The lowest BCUT2D eigenvalue weighted by Gasteiger charge is -2.10. The van der Waals surface area contributed by atoms with E-state index in [1.54, 1.807) is 54.6 Å². The number of carbonyl (C=O) groups is 2. The lowest BCUT2D eigenvalue weighted by Crippen LogP contribution is -2.24. The molecule has 164 valence electrons. The number of nitrogens with zero attached hydrogens (tertiary/aromatic N) is 1. The Bertz CT molecular complexity index is 1320. The van der Waals surface area contributed by atoms with Crippen molar-refractivity contribution in [3.05, 3.63) is 107 Å². The highest BCUT2D eigenvalue weighted by Gasteiger charge is 2.13. The Kier molecular flexibility index (Phi) is 6.97. The monoisotopic (exact) mass is 458 g/mol. The summed E-state index contributed by atoms with van der Waals surface area (Å²) >= 11 is 6.02. The van der Waals surface area contributed by atoms with Gasteiger partial charge in [0.2, 0.25) is 0 Å². The van der Waals surface area contributed by atoms with Crippen LogP contribution in [0.4, 0.5) is 0 Å². The van der Waals surface area contributed by atoms with Crippen LogP contribution in [-0.2, 0) is 4.79 Å². The zero-order valence-electron chi connectivity index (χ0n) is 17.4. The zero-order valence-corrected chi connectivity index (χ0v) is 18.2. The van der Waals surface area contributed by atoms with Crippen LogP contribution < -0.4 is 14.9 Å². The van der Waals surface area contributed by atoms with Gasteiger partial charge in [-0.3, -0.25) is 4.79 Å². The summed E-state index contributed by atoms with van der Waals surface area (Å²) in [7, 11) is 0. The Balaban J connectivity index is 1.51. The van der Waals surface area contributed by atoms with Gasteiger partial charge in [0.05, 0.1) is 16.8 Å². The molecule has 33 heavy (non-hydrogen) atoms. The highest BCUT2D eigenvalue weighted by molar-refractivity contribution is 6.32. The van der Waals surface area contributed by atoms with Crippen molar-refractivity contribution in [3.63, 3.8) is 0 Å². The molecular weight excluding hydrogens is 440 g/mol. The van der Waals surface area contributed by atoms with E-state index in [-0.39, 0.29) is 6.61 Å². The maximum Gasteiger partial charge on any atom is 0.343 e. The fourth-order valence-corrected chi connectivity index (χ4v) is 3.33. The van der Waals surface area contributed by atoms with Crippen LogP contribution in [0.1, 0.15) is 15.9 Å². The van der Waals surface area contributed by atoms with Gasteiger partial charge in [-0.15, -0.1) is 0 Å². The highest BCUT2D eigenvalue weighted by Crippen LogP contribution is 2.27. The molecule has 0 aliphatic rings. The summed E-state index contributed by atoms with van der Waals surface area (Å²) in [5.74, 6) is -0.220. The normalized spacial score (nSPS) is 10.8. The molecule has 0 fully saturated rings. The van der Waals surface area contributed by atoms with Gasteiger partial charge in [-0.1, -0.05) is 72.3 Å². The second-order valence-corrected chi connectivity index (χ2v) is 7.37. The summed E-state index contributed by atoms with van der Waals surface area (Å²) in [4.78, 5) is 24.7. The average Bonchev–Trinajstić information content (AvgIpc) is 2.85. The van der Waals surface area contributed by atoms with Crippen molar-refractivity contribution in [2.45, 2.75) is 0 Å². The molecule has 4 rings (SSSR count). The SMILES string of the molecule is O=C(COc1ccccc1Cl)NN=Cc1c(OC(=O)c2ccccc2)ccc2ccccc12. The van der Waals surface area contributed by atoms with Crippen LogP contribution >= 0.6 is 11.6 Å². The van der Waals surface area contributed by atoms with Crippen LogP contribution in [0.2, 0.25) is 5.02 Å². The van der Waals surface area contributed by atoms with Crippen molar-refractivity contribution >= 4 is 40.5 Å². The van der Waals surface area contributed by atoms with Crippen LogP contribution in [0.25, 0.3) is 10.8 Å². The van der Waals surface area contributed by atoms with Crippen LogP contribution in [0.15, 0.2) is 96.1 Å². The van der Waals surface area contributed by atoms with Gasteiger partial charge in [0.1, 0.15) is 11.5 Å². The maximum atomic E-state index is 12.6. The number of ether oxygens (including phenoxy) is 2. The minimum absolute atomic E-state index is 0.257. The van der Waals surface area contributed by atoms with Gasteiger partial charge < -0.3 is 9.47 Å². The van der Waals surface area contributed by atoms with E-state index in [4.69, 9.17) is 21.1 Å². The lowest BCUT2D eigenvalue weighted by molar-refractivity contribution is -0.123. The lowest BCUT2D eigenvalue weighted by atomic mass is 10.0. The van der Waals surface area contributed by atoms with Crippen molar-refractivity contribution in [1.82, 2.24) is 5.43 Å². The summed E-state index contributed by atoms with van der Waals surface area (Å²) in [6, 6.07) is 26.7. The predicted octanol–water partition coefficient (Wildman–Crippen LogP) is 5.24. The first-order chi connectivity index (χ1) is 16.1. The predicted molar refractivity (Wildman–Crippen MR) is 128 cm³/mol. The molecule has 0 spiro atoms. The number of hydrogen-bond acceptors (Lipinski definition) is 5. The van der Waals surface area contributed by atoms with Crippen molar-refractivity contribution in [1.29, 1.82) is 0 Å². The van der Waals surface area contributed by atoms with E-state index in [0.717, 1.165) is 10.8 Å². The van der Waals surface area contributed by atoms with Gasteiger partial charge in [-0.05, 0) is 41.1 Å². The van der Waals surface area contributed by atoms with Gasteiger partial charge in [-0.25, -0.2) is 10.2 Å². The van der Waals surface area contributed by atoms with Crippen LogP contribution in [0.3, 0.4) is 0 Å². The third-order valence-electron chi connectivity index (χ3n) is 4.72. The molecule has 1 N–H and O–H groups in total. The fourth-order valence-electron chi connectivity index (χ4n) is 3.14. The molecule has 0 heterocycles. The number of carbonyl (C=O) groups excluding carboxylic acids is 2. The number of hydrogen-bond donors (Lipinski definition) is 1. The second kappa shape index (κ2) is 10.4. The summed E-state index contributed by atoms with van der Waals surface area (Å²) in [5.41, 5.74) is 3.41. The molecule has 0 saturated carbocycles. The second-order valence-electron chi connectivity index (χ2n) is 6.97. The number of para-hydroxylation sites is 1. The molecule has 0 aliphatic carbocycles. The van der Waals surface area contributed by atoms with E-state index < -0.39 is 11.9 Å². The van der Waals surface area contributed by atoms with Crippen LogP contribution in [0.5, 0.6) is 11.5 Å². The first kappa shape index (κ1) is 22.0. The Morgan fingerprint density at radius 1 is 0.848 bits per heavy atom. The Hall–Kier alpha value is -4.16. The van der Waals surface area contributed by atoms with Gasteiger partial charge in [0.15, 0.2) is 6.61 Å². The van der Waals surface area contributed by atoms with Gasteiger partial charge in [0.25, 0.3) is 5.91 Å². The van der Waals surface area contributed by atoms with Crippen LogP contribution in [0, 0.1) is 0 Å². The molecule has 0 unspecified atom stereocenters. The van der Waals surface area contributed by atoms with Crippen molar-refractivity contribution in [2.24, 2.45) is 5.10 Å². The molecule has 4 aromatic rings. The molecule has 1 amide bonds. The first-order valence-electron chi connectivity index (χ1n) is 10.1.